The van der Waals surface area contributed by atoms with Gasteiger partial charge in [-0.25, -0.2) is 18.2 Å². The van der Waals surface area contributed by atoms with Gasteiger partial charge in [0.15, 0.2) is 9.84 Å². The number of carbonyl (C=O) groups is 1. The number of anilines is 2. The van der Waals surface area contributed by atoms with E-state index in [2.05, 4.69) is 10.3 Å². The Morgan fingerprint density at radius 1 is 1.03 bits per heavy atom. The Morgan fingerprint density at radius 3 is 2.30 bits per heavy atom. The van der Waals surface area contributed by atoms with Crippen molar-refractivity contribution < 1.29 is 26.4 Å². The van der Waals surface area contributed by atoms with Crippen molar-refractivity contribution in [1.82, 2.24) is 9.88 Å². The third-order valence-corrected chi connectivity index (χ3v) is 6.95. The van der Waals surface area contributed by atoms with Gasteiger partial charge >= 0.3 is 12.2 Å². The summed E-state index contributed by atoms with van der Waals surface area (Å²) in [6, 6.07) is 15.9. The van der Waals surface area contributed by atoms with Crippen LogP contribution in [-0.2, 0) is 16.0 Å². The van der Waals surface area contributed by atoms with Crippen LogP contribution < -0.4 is 10.2 Å². The second-order valence-corrected chi connectivity index (χ2v) is 10.4. The van der Waals surface area contributed by atoms with E-state index in [1.54, 1.807) is 35.2 Å². The molecule has 0 bridgehead atoms. The Bertz CT molecular complexity index is 1460. The molecule has 2 heterocycles. The number of nitrogens with one attached hydrogen (secondary N) is 1. The van der Waals surface area contributed by atoms with Crippen molar-refractivity contribution in [3.05, 3.63) is 71.8 Å². The molecule has 0 spiro atoms. The minimum Gasteiger partial charge on any atom is -0.352 e. The molecule has 192 valence electrons. The highest BCUT2D eigenvalue weighted by molar-refractivity contribution is 7.90. The summed E-state index contributed by atoms with van der Waals surface area (Å²) in [6.07, 6.45) is -3.47. The molecule has 0 atom stereocenters. The van der Waals surface area contributed by atoms with Crippen LogP contribution in [0.2, 0.25) is 0 Å². The number of sulfone groups is 1. The van der Waals surface area contributed by atoms with Gasteiger partial charge in [-0.2, -0.15) is 18.4 Å². The van der Waals surface area contributed by atoms with Crippen LogP contribution in [0.4, 0.5) is 29.5 Å². The van der Waals surface area contributed by atoms with E-state index in [0.29, 0.717) is 11.4 Å². The Hall–Kier alpha value is -4.11. The summed E-state index contributed by atoms with van der Waals surface area (Å²) < 4.78 is 63.8. The molecule has 0 unspecified atom stereocenters. The molecule has 37 heavy (non-hydrogen) atoms. The summed E-state index contributed by atoms with van der Waals surface area (Å²) in [5, 5.41) is 12.2. The van der Waals surface area contributed by atoms with Gasteiger partial charge < -0.3 is 15.1 Å². The van der Waals surface area contributed by atoms with E-state index in [-0.39, 0.29) is 48.0 Å². The van der Waals surface area contributed by atoms with E-state index >= 15 is 0 Å². The number of aromatic nitrogens is 1. The monoisotopic (exact) mass is 529 g/mol. The highest BCUT2D eigenvalue weighted by atomic mass is 32.2. The van der Waals surface area contributed by atoms with Gasteiger partial charge in [0.1, 0.15) is 11.9 Å². The van der Waals surface area contributed by atoms with Crippen molar-refractivity contribution in [3.8, 4) is 17.3 Å². The number of carbonyl (C=O) groups excluding carboxylic acids is 1. The number of pyridine rings is 1. The molecule has 2 amide bonds. The number of hydrogen-bond donors (Lipinski definition) is 1. The van der Waals surface area contributed by atoms with E-state index < -0.39 is 27.6 Å². The summed E-state index contributed by atoms with van der Waals surface area (Å²) in [4.78, 5) is 20.4. The zero-order chi connectivity index (χ0) is 26.8. The molecule has 0 radical (unpaired) electrons. The SMILES string of the molecule is CS(=O)(=O)c1cc(C#N)c(N2CCN(C(=O)Nc3cccc(C(F)(F)F)c3)CC2)nc1-c1ccccc1. The molecule has 4 rings (SSSR count). The minimum absolute atomic E-state index is 0.0274. The fourth-order valence-electron chi connectivity index (χ4n) is 3.99. The maximum atomic E-state index is 13.0. The molecule has 12 heteroatoms. The number of nitrogens with zero attached hydrogens (tertiary/aromatic N) is 4. The quantitative estimate of drug-likeness (QED) is 0.537. The average Bonchev–Trinajstić information content (AvgIpc) is 2.87. The summed E-state index contributed by atoms with van der Waals surface area (Å²) in [5.41, 5.74) is 0.0492. The number of benzene rings is 2. The van der Waals surface area contributed by atoms with Gasteiger partial charge in [0.05, 0.1) is 21.7 Å². The van der Waals surface area contributed by atoms with Gasteiger partial charge in [-0.3, -0.25) is 0 Å². The smallest absolute Gasteiger partial charge is 0.352 e. The largest absolute Gasteiger partial charge is 0.416 e. The number of hydrogen-bond acceptors (Lipinski definition) is 6. The van der Waals surface area contributed by atoms with Gasteiger partial charge in [0.2, 0.25) is 0 Å². The Balaban J connectivity index is 1.54. The summed E-state index contributed by atoms with van der Waals surface area (Å²) >= 11 is 0. The van der Waals surface area contributed by atoms with E-state index in [1.807, 2.05) is 6.07 Å². The van der Waals surface area contributed by atoms with Gasteiger partial charge in [0.25, 0.3) is 0 Å². The lowest BCUT2D eigenvalue weighted by Crippen LogP contribution is -2.50. The van der Waals surface area contributed by atoms with Crippen LogP contribution in [0.3, 0.4) is 0 Å². The van der Waals surface area contributed by atoms with Crippen LogP contribution in [0.5, 0.6) is 0 Å². The van der Waals surface area contributed by atoms with Crippen LogP contribution in [-0.4, -0.2) is 56.8 Å². The molecule has 1 N–H and O–H groups in total. The molecule has 2 aromatic carbocycles. The highest BCUT2D eigenvalue weighted by Crippen LogP contribution is 2.32. The van der Waals surface area contributed by atoms with E-state index in [0.717, 1.165) is 18.4 Å². The Kier molecular flexibility index (Phi) is 7.09. The zero-order valence-corrected chi connectivity index (χ0v) is 20.5. The van der Waals surface area contributed by atoms with Crippen LogP contribution >= 0.6 is 0 Å². The zero-order valence-electron chi connectivity index (χ0n) is 19.7. The lowest BCUT2D eigenvalue weighted by atomic mass is 10.1. The van der Waals surface area contributed by atoms with E-state index in [9.17, 15) is 31.6 Å². The summed E-state index contributed by atoms with van der Waals surface area (Å²) in [5.74, 6) is 0.298. The van der Waals surface area contributed by atoms with Gasteiger partial charge in [-0.1, -0.05) is 36.4 Å². The molecule has 1 fully saturated rings. The molecule has 3 aromatic rings. The van der Waals surface area contributed by atoms with E-state index in [1.165, 1.54) is 23.1 Å². The highest BCUT2D eigenvalue weighted by Gasteiger charge is 2.31. The number of piperazine rings is 1. The predicted octanol–water partition coefficient (Wildman–Crippen LogP) is 4.40. The standard InChI is InChI=1S/C25H22F3N5O3S/c1-37(35,36)21-14-18(16-29)23(31-22(21)17-6-3-2-4-7-17)32-10-12-33(13-11-32)24(34)30-20-9-5-8-19(15-20)25(26,27)28/h2-9,14-15H,10-13H2,1H3,(H,30,34). The normalized spacial score (nSPS) is 14.2. The number of rotatable bonds is 4. The Labute approximate surface area is 211 Å². The number of halogens is 3. The van der Waals surface area contributed by atoms with Crippen LogP contribution in [0.25, 0.3) is 11.3 Å². The second-order valence-electron chi connectivity index (χ2n) is 8.44. The maximum Gasteiger partial charge on any atom is 0.416 e. The lowest BCUT2D eigenvalue weighted by Gasteiger charge is -2.36. The molecule has 1 aliphatic rings. The number of urea groups is 1. The fourth-order valence-corrected chi connectivity index (χ4v) is 4.84. The van der Waals surface area contributed by atoms with Crippen LogP contribution in [0.1, 0.15) is 11.1 Å². The number of nitriles is 1. The predicted molar refractivity (Wildman–Crippen MR) is 132 cm³/mol. The first-order valence-electron chi connectivity index (χ1n) is 11.2. The van der Waals surface area contributed by atoms with Crippen molar-refractivity contribution in [2.75, 3.05) is 42.7 Å². The molecule has 1 aliphatic heterocycles. The van der Waals surface area contributed by atoms with Gasteiger partial charge in [-0.05, 0) is 24.3 Å². The van der Waals surface area contributed by atoms with Gasteiger partial charge in [-0.15, -0.1) is 0 Å². The molecular weight excluding hydrogens is 507 g/mol. The van der Waals surface area contributed by atoms with Crippen molar-refractivity contribution in [2.24, 2.45) is 0 Å². The molecule has 1 aromatic heterocycles. The summed E-state index contributed by atoms with van der Waals surface area (Å²) in [7, 11) is -3.69. The second kappa shape index (κ2) is 10.1. The summed E-state index contributed by atoms with van der Waals surface area (Å²) in [6.45, 7) is 0.992. The first-order chi connectivity index (χ1) is 17.5. The molecule has 1 saturated heterocycles. The van der Waals surface area contributed by atoms with E-state index in [4.69, 9.17) is 0 Å². The number of amides is 2. The third kappa shape index (κ3) is 5.83. The fraction of sp³-hybridized carbons (Fsp3) is 0.240. The maximum absolute atomic E-state index is 13.0. The molecule has 8 nitrogen and oxygen atoms in total. The first-order valence-corrected chi connectivity index (χ1v) is 13.1. The van der Waals surface area contributed by atoms with Gasteiger partial charge in [0, 0.05) is 43.7 Å². The van der Waals surface area contributed by atoms with Crippen molar-refractivity contribution in [2.45, 2.75) is 11.1 Å². The molecule has 0 saturated carbocycles. The topological polar surface area (TPSA) is 106 Å². The average molecular weight is 530 g/mol. The van der Waals surface area contributed by atoms with Crippen LogP contribution in [0, 0.1) is 11.3 Å². The lowest BCUT2D eigenvalue weighted by molar-refractivity contribution is -0.137. The van der Waals surface area contributed by atoms with Crippen molar-refractivity contribution in [1.29, 1.82) is 5.26 Å². The van der Waals surface area contributed by atoms with Crippen molar-refractivity contribution in [3.63, 3.8) is 0 Å². The van der Waals surface area contributed by atoms with Crippen molar-refractivity contribution >= 4 is 27.4 Å². The first kappa shape index (κ1) is 26.0. The van der Waals surface area contributed by atoms with Crippen LogP contribution in [0.15, 0.2) is 65.6 Å². The third-order valence-electron chi connectivity index (χ3n) is 5.84. The molecule has 0 aliphatic carbocycles. The molecular formula is C25H22F3N5O3S. The number of alkyl halides is 3. The Morgan fingerprint density at radius 2 is 1.70 bits per heavy atom. The minimum atomic E-state index is -4.52.